The molecule has 104 valence electrons. The molecule has 1 heterocycles. The summed E-state index contributed by atoms with van der Waals surface area (Å²) in [5.41, 5.74) is 7.22. The van der Waals surface area contributed by atoms with Crippen molar-refractivity contribution in [1.29, 1.82) is 0 Å². The van der Waals surface area contributed by atoms with Gasteiger partial charge in [-0.3, -0.25) is 0 Å². The SMILES string of the molecule is Cc1cccc(C(=Cc2ccccc2)c2cnc[nH]2)c1C. The van der Waals surface area contributed by atoms with Crippen LogP contribution in [0.25, 0.3) is 11.6 Å². The van der Waals surface area contributed by atoms with Crippen LogP contribution in [-0.2, 0) is 0 Å². The Balaban J connectivity index is 2.18. The Morgan fingerprint density at radius 2 is 1.81 bits per heavy atom. The highest BCUT2D eigenvalue weighted by atomic mass is 14.9. The number of H-pyrrole nitrogens is 1. The first-order valence-electron chi connectivity index (χ1n) is 7.08. The van der Waals surface area contributed by atoms with Gasteiger partial charge in [0.2, 0.25) is 0 Å². The summed E-state index contributed by atoms with van der Waals surface area (Å²) in [6.07, 6.45) is 5.80. The standard InChI is InChI=1S/C19H18N2/c1-14-7-6-10-17(15(14)2)18(19-12-20-13-21-19)11-16-8-4-3-5-9-16/h3-13H,1-2H3,(H,20,21). The van der Waals surface area contributed by atoms with E-state index in [0.29, 0.717) is 0 Å². The number of hydrogen-bond acceptors (Lipinski definition) is 1. The van der Waals surface area contributed by atoms with Crippen LogP contribution in [0.5, 0.6) is 0 Å². The van der Waals surface area contributed by atoms with E-state index < -0.39 is 0 Å². The minimum absolute atomic E-state index is 1.03. The third-order valence-electron chi connectivity index (χ3n) is 3.79. The molecule has 0 fully saturated rings. The van der Waals surface area contributed by atoms with Gasteiger partial charge < -0.3 is 4.98 Å². The molecule has 0 aliphatic heterocycles. The van der Waals surface area contributed by atoms with Gasteiger partial charge in [0.15, 0.2) is 0 Å². The number of nitrogens with one attached hydrogen (secondary N) is 1. The molecule has 0 atom stereocenters. The van der Waals surface area contributed by atoms with Crippen LogP contribution in [0.4, 0.5) is 0 Å². The Kier molecular flexibility index (Phi) is 3.69. The average Bonchev–Trinajstić information content (AvgIpc) is 3.03. The second-order valence-electron chi connectivity index (χ2n) is 5.18. The first kappa shape index (κ1) is 13.4. The van der Waals surface area contributed by atoms with Crippen molar-refractivity contribution in [3.8, 4) is 0 Å². The number of imidazole rings is 1. The van der Waals surface area contributed by atoms with Crippen LogP contribution < -0.4 is 0 Å². The van der Waals surface area contributed by atoms with Crippen molar-refractivity contribution in [3.05, 3.63) is 89.0 Å². The normalized spacial score (nSPS) is 11.6. The van der Waals surface area contributed by atoms with Crippen LogP contribution in [0, 0.1) is 13.8 Å². The largest absolute Gasteiger partial charge is 0.345 e. The Hall–Kier alpha value is -2.61. The number of hydrogen-bond donors (Lipinski definition) is 1. The fourth-order valence-corrected chi connectivity index (χ4v) is 2.46. The quantitative estimate of drug-likeness (QED) is 0.694. The van der Waals surface area contributed by atoms with Gasteiger partial charge in [0.25, 0.3) is 0 Å². The van der Waals surface area contributed by atoms with Gasteiger partial charge in [-0.2, -0.15) is 0 Å². The van der Waals surface area contributed by atoms with Crippen molar-refractivity contribution < 1.29 is 0 Å². The molecule has 3 rings (SSSR count). The molecule has 1 aromatic heterocycles. The molecule has 0 spiro atoms. The average molecular weight is 274 g/mol. The smallest absolute Gasteiger partial charge is 0.0924 e. The predicted octanol–water partition coefficient (Wildman–Crippen LogP) is 4.62. The van der Waals surface area contributed by atoms with E-state index in [1.54, 1.807) is 6.33 Å². The fourth-order valence-electron chi connectivity index (χ4n) is 2.46. The molecular formula is C19H18N2. The van der Waals surface area contributed by atoms with Gasteiger partial charge in [-0.15, -0.1) is 0 Å². The summed E-state index contributed by atoms with van der Waals surface area (Å²) in [5, 5.41) is 0. The Morgan fingerprint density at radius 3 is 2.52 bits per heavy atom. The number of nitrogens with zero attached hydrogens (tertiary/aromatic N) is 1. The minimum atomic E-state index is 1.03. The highest BCUT2D eigenvalue weighted by Crippen LogP contribution is 2.28. The maximum atomic E-state index is 4.17. The summed E-state index contributed by atoms with van der Waals surface area (Å²) in [6.45, 7) is 4.31. The highest BCUT2D eigenvalue weighted by molar-refractivity contribution is 5.91. The van der Waals surface area contributed by atoms with Crippen molar-refractivity contribution >= 4 is 11.6 Å². The van der Waals surface area contributed by atoms with Crippen molar-refractivity contribution in [2.75, 3.05) is 0 Å². The van der Waals surface area contributed by atoms with Crippen LogP contribution in [0.3, 0.4) is 0 Å². The molecule has 21 heavy (non-hydrogen) atoms. The predicted molar refractivity (Wildman–Crippen MR) is 87.9 cm³/mol. The van der Waals surface area contributed by atoms with Crippen LogP contribution in [0.15, 0.2) is 61.1 Å². The number of benzene rings is 2. The van der Waals surface area contributed by atoms with E-state index in [1.807, 2.05) is 12.3 Å². The Bertz CT molecular complexity index is 754. The van der Waals surface area contributed by atoms with Gasteiger partial charge >= 0.3 is 0 Å². The lowest BCUT2D eigenvalue weighted by molar-refractivity contribution is 1.28. The number of rotatable bonds is 3. The molecule has 0 aliphatic rings. The van der Waals surface area contributed by atoms with Gasteiger partial charge in [0.05, 0.1) is 18.2 Å². The van der Waals surface area contributed by atoms with Gasteiger partial charge in [0.1, 0.15) is 0 Å². The summed E-state index contributed by atoms with van der Waals surface area (Å²) in [7, 11) is 0. The van der Waals surface area contributed by atoms with Crippen LogP contribution in [0.1, 0.15) is 27.9 Å². The minimum Gasteiger partial charge on any atom is -0.345 e. The summed E-state index contributed by atoms with van der Waals surface area (Å²) >= 11 is 0. The lowest BCUT2D eigenvalue weighted by atomic mass is 9.94. The molecular weight excluding hydrogens is 256 g/mol. The molecule has 0 bridgehead atoms. The second-order valence-corrected chi connectivity index (χ2v) is 5.18. The zero-order valence-electron chi connectivity index (χ0n) is 12.3. The van der Waals surface area contributed by atoms with E-state index in [9.17, 15) is 0 Å². The van der Waals surface area contributed by atoms with Crippen LogP contribution in [0.2, 0.25) is 0 Å². The van der Waals surface area contributed by atoms with Gasteiger partial charge in [-0.25, -0.2) is 4.98 Å². The van der Waals surface area contributed by atoms with E-state index in [1.165, 1.54) is 27.8 Å². The summed E-state index contributed by atoms with van der Waals surface area (Å²) in [6, 6.07) is 16.8. The molecule has 0 saturated carbocycles. The Labute approximate surface area is 125 Å². The van der Waals surface area contributed by atoms with E-state index >= 15 is 0 Å². The molecule has 0 saturated heterocycles. The van der Waals surface area contributed by atoms with Gasteiger partial charge in [-0.1, -0.05) is 48.5 Å². The fraction of sp³-hybridized carbons (Fsp3) is 0.105. The van der Waals surface area contributed by atoms with E-state index in [4.69, 9.17) is 0 Å². The third-order valence-corrected chi connectivity index (χ3v) is 3.79. The maximum absolute atomic E-state index is 4.17. The zero-order valence-corrected chi connectivity index (χ0v) is 12.3. The van der Waals surface area contributed by atoms with E-state index in [2.05, 4.69) is 72.4 Å². The van der Waals surface area contributed by atoms with Crippen molar-refractivity contribution in [1.82, 2.24) is 9.97 Å². The van der Waals surface area contributed by atoms with Gasteiger partial charge in [-0.05, 0) is 42.2 Å². The number of aryl methyl sites for hydroxylation is 1. The molecule has 0 amide bonds. The molecule has 0 aliphatic carbocycles. The lowest BCUT2D eigenvalue weighted by Gasteiger charge is -2.12. The molecule has 2 nitrogen and oxygen atoms in total. The lowest BCUT2D eigenvalue weighted by Crippen LogP contribution is -1.94. The van der Waals surface area contributed by atoms with Crippen LogP contribution >= 0.6 is 0 Å². The Morgan fingerprint density at radius 1 is 1.00 bits per heavy atom. The van der Waals surface area contributed by atoms with Gasteiger partial charge in [0, 0.05) is 5.57 Å². The van der Waals surface area contributed by atoms with E-state index in [0.717, 1.165) is 5.69 Å². The molecule has 0 radical (unpaired) electrons. The number of aromatic nitrogens is 2. The number of aromatic amines is 1. The first-order chi connectivity index (χ1) is 10.3. The maximum Gasteiger partial charge on any atom is 0.0924 e. The monoisotopic (exact) mass is 274 g/mol. The first-order valence-corrected chi connectivity index (χ1v) is 7.08. The molecule has 2 aromatic carbocycles. The topological polar surface area (TPSA) is 28.7 Å². The summed E-state index contributed by atoms with van der Waals surface area (Å²) in [4.78, 5) is 7.39. The molecule has 3 aromatic rings. The third kappa shape index (κ3) is 2.79. The summed E-state index contributed by atoms with van der Waals surface area (Å²) in [5.74, 6) is 0. The molecule has 1 N–H and O–H groups in total. The van der Waals surface area contributed by atoms with Crippen molar-refractivity contribution in [2.45, 2.75) is 13.8 Å². The summed E-state index contributed by atoms with van der Waals surface area (Å²) < 4.78 is 0. The van der Waals surface area contributed by atoms with E-state index in [-0.39, 0.29) is 0 Å². The molecule has 2 heteroatoms. The highest BCUT2D eigenvalue weighted by Gasteiger charge is 2.10. The zero-order chi connectivity index (χ0) is 14.7. The molecule has 0 unspecified atom stereocenters. The van der Waals surface area contributed by atoms with Crippen molar-refractivity contribution in [3.63, 3.8) is 0 Å². The van der Waals surface area contributed by atoms with Crippen LogP contribution in [-0.4, -0.2) is 9.97 Å². The second kappa shape index (κ2) is 5.80. The van der Waals surface area contributed by atoms with Crippen molar-refractivity contribution in [2.24, 2.45) is 0 Å².